The lowest BCUT2D eigenvalue weighted by Crippen LogP contribution is -2.43. The Hall–Kier alpha value is -2.82. The van der Waals surface area contributed by atoms with Gasteiger partial charge in [0, 0.05) is 5.56 Å². The lowest BCUT2D eigenvalue weighted by atomic mass is 10.1. The third-order valence-electron chi connectivity index (χ3n) is 3.58. The van der Waals surface area contributed by atoms with E-state index in [9.17, 15) is 9.59 Å². The molecule has 2 rings (SSSR count). The number of carbonyl (C=O) groups is 2. The fourth-order valence-electron chi connectivity index (χ4n) is 2.47. The van der Waals surface area contributed by atoms with Crippen LogP contribution in [-0.4, -0.2) is 18.4 Å². The van der Waals surface area contributed by atoms with Crippen LogP contribution in [0.2, 0.25) is 0 Å². The molecule has 2 aromatic carbocycles. The van der Waals surface area contributed by atoms with Crippen LogP contribution in [0.3, 0.4) is 0 Å². The molecule has 126 valence electrons. The van der Waals surface area contributed by atoms with E-state index in [0.717, 1.165) is 22.3 Å². The monoisotopic (exact) mass is 326 g/mol. The van der Waals surface area contributed by atoms with Crippen molar-refractivity contribution in [3.63, 3.8) is 0 Å². The number of rotatable bonds is 4. The molecule has 0 fully saturated rings. The van der Waals surface area contributed by atoms with E-state index in [1.165, 1.54) is 0 Å². The summed E-state index contributed by atoms with van der Waals surface area (Å²) in [6.45, 7) is 7.66. The number of carbonyl (C=O) groups excluding carboxylic acids is 2. The van der Waals surface area contributed by atoms with Crippen molar-refractivity contribution < 1.29 is 14.3 Å². The molecule has 0 radical (unpaired) electrons. The van der Waals surface area contributed by atoms with Crippen LogP contribution < -0.4 is 15.6 Å². The van der Waals surface area contributed by atoms with E-state index >= 15 is 0 Å². The van der Waals surface area contributed by atoms with Gasteiger partial charge in [-0.05, 0) is 51.0 Å². The number of hydrogen-bond donors (Lipinski definition) is 2. The van der Waals surface area contributed by atoms with Crippen LogP contribution >= 0.6 is 0 Å². The molecule has 0 heterocycles. The van der Waals surface area contributed by atoms with Gasteiger partial charge < -0.3 is 4.74 Å². The fourth-order valence-corrected chi connectivity index (χ4v) is 2.47. The van der Waals surface area contributed by atoms with Gasteiger partial charge in [-0.25, -0.2) is 0 Å². The Labute approximate surface area is 142 Å². The molecule has 0 aromatic heterocycles. The van der Waals surface area contributed by atoms with E-state index in [4.69, 9.17) is 4.74 Å². The number of hydrogen-bond acceptors (Lipinski definition) is 3. The molecule has 2 N–H and O–H groups in total. The summed E-state index contributed by atoms with van der Waals surface area (Å²) in [5.41, 5.74) is 9.37. The molecule has 0 aliphatic heterocycles. The predicted molar refractivity (Wildman–Crippen MR) is 92.9 cm³/mol. The van der Waals surface area contributed by atoms with Crippen molar-refractivity contribution in [3.8, 4) is 5.75 Å². The van der Waals surface area contributed by atoms with E-state index in [0.29, 0.717) is 11.3 Å². The van der Waals surface area contributed by atoms with E-state index in [1.54, 1.807) is 12.1 Å². The van der Waals surface area contributed by atoms with Gasteiger partial charge >= 0.3 is 0 Å². The normalized spacial score (nSPS) is 10.2. The summed E-state index contributed by atoms with van der Waals surface area (Å²) >= 11 is 0. The number of aryl methyl sites for hydroxylation is 4. The second-order valence-electron chi connectivity index (χ2n) is 5.88. The van der Waals surface area contributed by atoms with Crippen molar-refractivity contribution in [3.05, 3.63) is 64.2 Å². The minimum absolute atomic E-state index is 0.168. The second-order valence-corrected chi connectivity index (χ2v) is 5.88. The first-order chi connectivity index (χ1) is 11.4. The minimum atomic E-state index is -0.421. The minimum Gasteiger partial charge on any atom is -0.483 e. The summed E-state index contributed by atoms with van der Waals surface area (Å²) < 4.78 is 5.57. The Balaban J connectivity index is 1.86. The van der Waals surface area contributed by atoms with Gasteiger partial charge in [0.1, 0.15) is 5.75 Å². The highest BCUT2D eigenvalue weighted by Gasteiger charge is 2.10. The molecule has 5 heteroatoms. The van der Waals surface area contributed by atoms with Crippen LogP contribution in [0.25, 0.3) is 0 Å². The molecule has 2 aromatic rings. The average molecular weight is 326 g/mol. The maximum Gasteiger partial charge on any atom is 0.276 e. The first-order valence-electron chi connectivity index (χ1n) is 7.73. The summed E-state index contributed by atoms with van der Waals surface area (Å²) in [6, 6.07) is 11.1. The summed E-state index contributed by atoms with van der Waals surface area (Å²) in [6.07, 6.45) is 0. The van der Waals surface area contributed by atoms with Gasteiger partial charge in [0.2, 0.25) is 0 Å². The molecule has 0 bridgehead atoms. The van der Waals surface area contributed by atoms with E-state index < -0.39 is 5.91 Å². The van der Waals surface area contributed by atoms with Crippen LogP contribution in [0.4, 0.5) is 0 Å². The highest BCUT2D eigenvalue weighted by Crippen LogP contribution is 2.24. The molecule has 0 saturated carbocycles. The number of benzene rings is 2. The van der Waals surface area contributed by atoms with E-state index in [2.05, 4.69) is 10.9 Å². The second kappa shape index (κ2) is 7.64. The standard InChI is InChI=1S/C19H22N2O3/c1-12-5-7-16(8-6-12)19(23)21-20-17(22)11-24-18-14(3)9-13(2)10-15(18)4/h5-10H,11H2,1-4H3,(H,20,22)(H,21,23). The first-order valence-corrected chi connectivity index (χ1v) is 7.73. The van der Waals surface area contributed by atoms with Crippen molar-refractivity contribution in [2.75, 3.05) is 6.61 Å². The molecular weight excluding hydrogens is 304 g/mol. The Kier molecular flexibility index (Phi) is 5.58. The maximum absolute atomic E-state index is 11.9. The fraction of sp³-hybridized carbons (Fsp3) is 0.263. The van der Waals surface area contributed by atoms with Crippen LogP contribution in [0.1, 0.15) is 32.6 Å². The zero-order chi connectivity index (χ0) is 17.7. The number of ether oxygens (including phenoxy) is 1. The van der Waals surface area contributed by atoms with Crippen LogP contribution in [0.5, 0.6) is 5.75 Å². The zero-order valence-electron chi connectivity index (χ0n) is 14.4. The van der Waals surface area contributed by atoms with Crippen LogP contribution in [-0.2, 0) is 4.79 Å². The molecule has 0 saturated heterocycles. The summed E-state index contributed by atoms with van der Waals surface area (Å²) in [5.74, 6) is -0.0958. The van der Waals surface area contributed by atoms with Gasteiger partial charge in [-0.3, -0.25) is 20.4 Å². The van der Waals surface area contributed by atoms with Gasteiger partial charge in [-0.2, -0.15) is 0 Å². The van der Waals surface area contributed by atoms with Gasteiger partial charge in [-0.1, -0.05) is 35.4 Å². The van der Waals surface area contributed by atoms with Crippen molar-refractivity contribution in [2.45, 2.75) is 27.7 Å². The summed E-state index contributed by atoms with van der Waals surface area (Å²) in [5, 5.41) is 0. The highest BCUT2D eigenvalue weighted by molar-refractivity contribution is 5.95. The zero-order valence-corrected chi connectivity index (χ0v) is 14.4. The highest BCUT2D eigenvalue weighted by atomic mass is 16.5. The van der Waals surface area contributed by atoms with Gasteiger partial charge in [-0.15, -0.1) is 0 Å². The van der Waals surface area contributed by atoms with E-state index in [-0.39, 0.29) is 12.5 Å². The average Bonchev–Trinajstić information content (AvgIpc) is 2.52. The molecule has 24 heavy (non-hydrogen) atoms. The summed E-state index contributed by atoms with van der Waals surface area (Å²) in [4.78, 5) is 23.8. The third kappa shape index (κ3) is 4.59. The molecule has 0 unspecified atom stereocenters. The third-order valence-corrected chi connectivity index (χ3v) is 3.58. The van der Waals surface area contributed by atoms with Crippen molar-refractivity contribution >= 4 is 11.8 Å². The van der Waals surface area contributed by atoms with Crippen LogP contribution in [0.15, 0.2) is 36.4 Å². The molecule has 0 aliphatic carbocycles. The molecule has 0 spiro atoms. The number of hydrazine groups is 1. The molecule has 0 aliphatic rings. The summed E-state index contributed by atoms with van der Waals surface area (Å²) in [7, 11) is 0. The molecule has 0 atom stereocenters. The Morgan fingerprint density at radius 2 is 1.46 bits per heavy atom. The smallest absolute Gasteiger partial charge is 0.276 e. The first kappa shape index (κ1) is 17.5. The molecule has 5 nitrogen and oxygen atoms in total. The van der Waals surface area contributed by atoms with E-state index in [1.807, 2.05) is 52.0 Å². The van der Waals surface area contributed by atoms with Crippen molar-refractivity contribution in [2.24, 2.45) is 0 Å². The van der Waals surface area contributed by atoms with Gasteiger partial charge in [0.05, 0.1) is 0 Å². The Morgan fingerprint density at radius 1 is 0.875 bits per heavy atom. The predicted octanol–water partition coefficient (Wildman–Crippen LogP) is 2.76. The molecule has 2 amide bonds. The quantitative estimate of drug-likeness (QED) is 0.849. The Bertz CT molecular complexity index is 729. The largest absolute Gasteiger partial charge is 0.483 e. The Morgan fingerprint density at radius 3 is 2.04 bits per heavy atom. The lowest BCUT2D eigenvalue weighted by Gasteiger charge is -2.13. The van der Waals surface area contributed by atoms with Gasteiger partial charge in [0.15, 0.2) is 6.61 Å². The van der Waals surface area contributed by atoms with Gasteiger partial charge in [0.25, 0.3) is 11.8 Å². The lowest BCUT2D eigenvalue weighted by molar-refractivity contribution is -0.123. The van der Waals surface area contributed by atoms with Crippen molar-refractivity contribution in [1.82, 2.24) is 10.9 Å². The maximum atomic E-state index is 11.9. The van der Waals surface area contributed by atoms with Crippen molar-refractivity contribution in [1.29, 1.82) is 0 Å². The number of amides is 2. The number of nitrogens with one attached hydrogen (secondary N) is 2. The molecular formula is C19H22N2O3. The topological polar surface area (TPSA) is 67.4 Å². The van der Waals surface area contributed by atoms with Crippen LogP contribution in [0, 0.1) is 27.7 Å². The SMILES string of the molecule is Cc1ccc(C(=O)NNC(=O)COc2c(C)cc(C)cc2C)cc1.